The Kier molecular flexibility index (Phi) is 6.21. The number of carbonyl (C=O) groups is 4. The number of pyridine rings is 1. The van der Waals surface area contributed by atoms with E-state index in [1.54, 1.807) is 12.1 Å². The highest BCUT2D eigenvalue weighted by Crippen LogP contribution is 2.44. The van der Waals surface area contributed by atoms with E-state index < -0.39 is 64.0 Å². The first kappa shape index (κ1) is 26.4. The number of anilines is 1. The number of nitrogens with zero attached hydrogens (tertiary/aromatic N) is 4. The molecule has 0 bridgehead atoms. The van der Waals surface area contributed by atoms with E-state index in [0.717, 1.165) is 5.01 Å². The Bertz CT molecular complexity index is 1520. The normalized spacial score (nSPS) is 22.3. The Morgan fingerprint density at radius 1 is 1.18 bits per heavy atom. The first-order valence-electron chi connectivity index (χ1n) is 11.5. The summed E-state index contributed by atoms with van der Waals surface area (Å²) in [6, 6.07) is 5.20. The number of aliphatic hydroxyl groups is 1. The highest BCUT2D eigenvalue weighted by Gasteiger charge is 2.62. The fourth-order valence-corrected chi connectivity index (χ4v) is 5.24. The van der Waals surface area contributed by atoms with Gasteiger partial charge >= 0.3 is 12.1 Å². The number of alkyl halides is 3. The molecule has 39 heavy (non-hydrogen) atoms. The molecule has 1 aromatic heterocycles. The van der Waals surface area contributed by atoms with Gasteiger partial charge in [-0.25, -0.2) is 9.78 Å². The number of aromatic nitrogens is 1. The minimum Gasteiger partial charge on any atom is -0.506 e. The molecule has 1 aromatic carbocycles. The lowest BCUT2D eigenvalue weighted by atomic mass is 9.85. The smallest absolute Gasteiger partial charge is 0.417 e. The van der Waals surface area contributed by atoms with Gasteiger partial charge in [0.15, 0.2) is 17.6 Å². The molecule has 1 saturated heterocycles. The number of hydrogen-bond donors (Lipinski definition) is 1. The molecular formula is C25H18ClF3N4O6. The van der Waals surface area contributed by atoms with Gasteiger partial charge in [-0.2, -0.15) is 18.2 Å². The first-order valence-corrected chi connectivity index (χ1v) is 11.9. The van der Waals surface area contributed by atoms with E-state index in [0.29, 0.717) is 17.3 Å². The lowest BCUT2D eigenvalue weighted by Crippen LogP contribution is -2.47. The Hall–Kier alpha value is -4.26. The summed E-state index contributed by atoms with van der Waals surface area (Å²) in [5.74, 6) is -7.19. The third-order valence-electron chi connectivity index (χ3n) is 6.67. The third-order valence-corrected chi connectivity index (χ3v) is 6.95. The number of esters is 1. The maximum Gasteiger partial charge on any atom is 0.417 e. The van der Waals surface area contributed by atoms with Crippen LogP contribution in [0.1, 0.15) is 28.4 Å². The van der Waals surface area contributed by atoms with Crippen LogP contribution in [0.3, 0.4) is 0 Å². The highest BCUT2D eigenvalue weighted by molar-refractivity contribution is 6.40. The van der Waals surface area contributed by atoms with Gasteiger partial charge < -0.3 is 9.84 Å². The Balaban J connectivity index is 1.57. The van der Waals surface area contributed by atoms with E-state index in [-0.39, 0.29) is 34.8 Å². The van der Waals surface area contributed by atoms with Gasteiger partial charge in [0.2, 0.25) is 0 Å². The quantitative estimate of drug-likeness (QED) is 0.434. The zero-order valence-electron chi connectivity index (χ0n) is 20.2. The predicted molar refractivity (Wildman–Crippen MR) is 130 cm³/mol. The summed E-state index contributed by atoms with van der Waals surface area (Å²) in [4.78, 5) is 61.2. The van der Waals surface area contributed by atoms with Gasteiger partial charge in [0.25, 0.3) is 11.8 Å². The molecule has 10 nitrogen and oxygen atoms in total. The molecule has 14 heteroatoms. The number of ketones is 1. The molecule has 3 heterocycles. The topological polar surface area (TPSA) is 129 Å². The molecule has 2 aromatic rings. The van der Waals surface area contributed by atoms with Crippen molar-refractivity contribution in [2.24, 2.45) is 16.8 Å². The van der Waals surface area contributed by atoms with Crippen molar-refractivity contribution >= 4 is 52.5 Å². The van der Waals surface area contributed by atoms with E-state index in [1.165, 1.54) is 26.1 Å². The zero-order valence-corrected chi connectivity index (χ0v) is 20.9. The van der Waals surface area contributed by atoms with Gasteiger partial charge in [-0.3, -0.25) is 24.4 Å². The SMILES string of the molecule is CCOC(=O)[C@@H]1N=C(C2=C(O)c3ccccc3C2=O)[C@@H]2C(=O)N(N(C)c3ncc(C(F)(F)F)cc3Cl)C(=O)[C@H]21. The Morgan fingerprint density at radius 2 is 1.85 bits per heavy atom. The molecule has 202 valence electrons. The molecule has 0 radical (unpaired) electrons. The van der Waals surface area contributed by atoms with Crippen molar-refractivity contribution in [3.05, 3.63) is 63.8 Å². The third kappa shape index (κ3) is 3.95. The summed E-state index contributed by atoms with van der Waals surface area (Å²) in [6.07, 6.45) is -4.24. The molecule has 0 spiro atoms. The lowest BCUT2D eigenvalue weighted by Gasteiger charge is -2.29. The van der Waals surface area contributed by atoms with E-state index >= 15 is 0 Å². The van der Waals surface area contributed by atoms with Gasteiger partial charge in [-0.05, 0) is 13.0 Å². The Labute approximate surface area is 223 Å². The second-order valence-electron chi connectivity index (χ2n) is 8.85. The highest BCUT2D eigenvalue weighted by atomic mass is 35.5. The van der Waals surface area contributed by atoms with Crippen LogP contribution in [0.25, 0.3) is 5.76 Å². The summed E-state index contributed by atoms with van der Waals surface area (Å²) in [6.45, 7) is 1.47. The van der Waals surface area contributed by atoms with Crippen LogP contribution in [0.4, 0.5) is 19.0 Å². The number of amides is 2. The molecule has 0 saturated carbocycles. The first-order chi connectivity index (χ1) is 18.4. The number of imide groups is 1. The molecule has 2 aliphatic heterocycles. The number of hydrogen-bond acceptors (Lipinski definition) is 9. The number of halogens is 4. The van der Waals surface area contributed by atoms with Crippen molar-refractivity contribution in [3.63, 3.8) is 0 Å². The molecule has 0 unspecified atom stereocenters. The van der Waals surface area contributed by atoms with Crippen LogP contribution in [0.15, 0.2) is 47.1 Å². The Morgan fingerprint density at radius 3 is 2.44 bits per heavy atom. The van der Waals surface area contributed by atoms with Crippen LogP contribution in [0, 0.1) is 11.8 Å². The molecule has 5 rings (SSSR count). The number of ether oxygens (including phenoxy) is 1. The summed E-state index contributed by atoms with van der Waals surface area (Å²) in [7, 11) is 1.18. The van der Waals surface area contributed by atoms with Crippen LogP contribution < -0.4 is 5.01 Å². The molecule has 1 fully saturated rings. The minimum atomic E-state index is -4.73. The van der Waals surface area contributed by atoms with E-state index in [4.69, 9.17) is 16.3 Å². The van der Waals surface area contributed by atoms with Gasteiger partial charge in [-0.1, -0.05) is 35.9 Å². The average molecular weight is 563 g/mol. The maximum absolute atomic E-state index is 13.7. The van der Waals surface area contributed by atoms with Crippen molar-refractivity contribution in [1.29, 1.82) is 0 Å². The van der Waals surface area contributed by atoms with E-state index in [9.17, 15) is 37.5 Å². The van der Waals surface area contributed by atoms with Gasteiger partial charge in [0.1, 0.15) is 5.76 Å². The molecule has 1 aliphatic carbocycles. The van der Waals surface area contributed by atoms with Crippen molar-refractivity contribution in [1.82, 2.24) is 9.99 Å². The number of Topliss-reactive ketones (excluding diaryl/α,β-unsaturated/α-hetero) is 1. The fraction of sp³-hybridized carbons (Fsp3) is 0.280. The van der Waals surface area contributed by atoms with Crippen molar-refractivity contribution < 1.29 is 42.2 Å². The number of rotatable bonds is 5. The van der Waals surface area contributed by atoms with Gasteiger partial charge in [-0.15, -0.1) is 0 Å². The van der Waals surface area contributed by atoms with E-state index in [2.05, 4.69) is 9.98 Å². The molecular weight excluding hydrogens is 545 g/mol. The van der Waals surface area contributed by atoms with Crippen molar-refractivity contribution in [2.45, 2.75) is 19.1 Å². The summed E-state index contributed by atoms with van der Waals surface area (Å²) >= 11 is 6.03. The standard InChI is InChI=1S/C25H18ClF3N4O6/c1-3-39-24(38)18-15-14(17(31-18)16-19(34)11-6-4-5-7-12(11)20(16)35)22(36)33(23(15)37)32(2)21-13(26)8-10(9-30-21)25(27,28)29/h4-9,14-15,18,34H,3H2,1-2H3/t14-,15-,18-/m1/s1. The summed E-state index contributed by atoms with van der Waals surface area (Å²) in [5.41, 5.74) is -1.39. The number of benzene rings is 1. The van der Waals surface area contributed by atoms with Crippen molar-refractivity contribution in [2.75, 3.05) is 18.7 Å². The maximum atomic E-state index is 13.7. The number of fused-ring (bicyclic) bond motifs is 2. The number of aliphatic imine (C=N–C) groups is 1. The summed E-state index contributed by atoms with van der Waals surface area (Å²) < 4.78 is 44.3. The fourth-order valence-electron chi connectivity index (χ4n) is 4.96. The number of carbonyl (C=O) groups excluding carboxylic acids is 4. The monoisotopic (exact) mass is 562 g/mol. The molecule has 3 atom stereocenters. The van der Waals surface area contributed by atoms with Crippen LogP contribution in [-0.2, 0) is 25.3 Å². The largest absolute Gasteiger partial charge is 0.506 e. The molecule has 1 N–H and O–H groups in total. The van der Waals surface area contributed by atoms with E-state index in [1.807, 2.05) is 0 Å². The zero-order chi connectivity index (χ0) is 28.4. The number of hydrazine groups is 1. The molecule has 3 aliphatic rings. The lowest BCUT2D eigenvalue weighted by molar-refractivity contribution is -0.149. The van der Waals surface area contributed by atoms with Crippen molar-refractivity contribution in [3.8, 4) is 0 Å². The second-order valence-corrected chi connectivity index (χ2v) is 9.26. The second kappa shape index (κ2) is 9.19. The van der Waals surface area contributed by atoms with Crippen LogP contribution in [0.5, 0.6) is 0 Å². The minimum absolute atomic E-state index is 0.0628. The number of allylic oxidation sites excluding steroid dienone is 1. The number of aliphatic hydroxyl groups excluding tert-OH is 1. The van der Waals surface area contributed by atoms with Gasteiger partial charge in [0.05, 0.1) is 40.3 Å². The average Bonchev–Trinajstić information content (AvgIpc) is 3.47. The molecule has 2 amide bonds. The predicted octanol–water partition coefficient (Wildman–Crippen LogP) is 3.26. The van der Waals surface area contributed by atoms with Crippen LogP contribution in [0.2, 0.25) is 5.02 Å². The van der Waals surface area contributed by atoms with Crippen LogP contribution >= 0.6 is 11.6 Å². The van der Waals surface area contributed by atoms with Crippen LogP contribution in [-0.4, -0.2) is 64.1 Å². The summed E-state index contributed by atoms with van der Waals surface area (Å²) in [5, 5.41) is 11.8. The van der Waals surface area contributed by atoms with Gasteiger partial charge in [0, 0.05) is 24.4 Å².